The van der Waals surface area contributed by atoms with E-state index in [9.17, 15) is 0 Å². The molecule has 19 heavy (non-hydrogen) atoms. The third kappa shape index (κ3) is 2.93. The van der Waals surface area contributed by atoms with E-state index < -0.39 is 0 Å². The van der Waals surface area contributed by atoms with Crippen LogP contribution in [0.4, 0.5) is 17.3 Å². The molecule has 100 valence electrons. The molecule has 0 aliphatic heterocycles. The highest BCUT2D eigenvalue weighted by Gasteiger charge is 2.09. The van der Waals surface area contributed by atoms with Gasteiger partial charge in [0.2, 0.25) is 5.75 Å². The SMILES string of the molecule is COc1c(N)ncnc1Nc1ccc(C(C)C)cc1. The molecule has 0 spiro atoms. The molecule has 0 atom stereocenters. The summed E-state index contributed by atoms with van der Waals surface area (Å²) in [5, 5.41) is 3.17. The number of nitrogens with one attached hydrogen (secondary N) is 1. The smallest absolute Gasteiger partial charge is 0.204 e. The van der Waals surface area contributed by atoms with Crippen LogP contribution in [0.3, 0.4) is 0 Å². The number of ether oxygens (including phenoxy) is 1. The lowest BCUT2D eigenvalue weighted by atomic mass is 10.0. The van der Waals surface area contributed by atoms with Crippen molar-refractivity contribution in [3.63, 3.8) is 0 Å². The maximum atomic E-state index is 5.73. The van der Waals surface area contributed by atoms with Crippen LogP contribution in [-0.4, -0.2) is 17.1 Å². The average Bonchev–Trinajstić information content (AvgIpc) is 2.39. The number of nitrogens with two attached hydrogens (primary N) is 1. The predicted octanol–water partition coefficient (Wildman–Crippen LogP) is 2.93. The Bertz CT molecular complexity index is 552. The van der Waals surface area contributed by atoms with E-state index in [2.05, 4.69) is 41.3 Å². The van der Waals surface area contributed by atoms with Gasteiger partial charge in [-0.2, -0.15) is 0 Å². The minimum absolute atomic E-state index is 0.318. The fourth-order valence-corrected chi connectivity index (χ4v) is 1.77. The molecule has 0 fully saturated rings. The maximum Gasteiger partial charge on any atom is 0.204 e. The van der Waals surface area contributed by atoms with Crippen molar-refractivity contribution in [3.05, 3.63) is 36.2 Å². The third-order valence-electron chi connectivity index (χ3n) is 2.88. The van der Waals surface area contributed by atoms with Crippen molar-refractivity contribution in [1.29, 1.82) is 0 Å². The van der Waals surface area contributed by atoms with E-state index >= 15 is 0 Å². The van der Waals surface area contributed by atoms with Crippen LogP contribution in [0.1, 0.15) is 25.3 Å². The topological polar surface area (TPSA) is 73.1 Å². The molecule has 0 aliphatic carbocycles. The fourth-order valence-electron chi connectivity index (χ4n) is 1.77. The van der Waals surface area contributed by atoms with Crippen LogP contribution in [0.15, 0.2) is 30.6 Å². The molecule has 0 bridgehead atoms. The third-order valence-corrected chi connectivity index (χ3v) is 2.88. The van der Waals surface area contributed by atoms with Gasteiger partial charge < -0.3 is 15.8 Å². The number of anilines is 3. The largest absolute Gasteiger partial charge is 0.490 e. The Morgan fingerprint density at radius 1 is 1.16 bits per heavy atom. The number of nitrogens with zero attached hydrogens (tertiary/aromatic N) is 2. The Balaban J connectivity index is 2.24. The number of nitrogen functional groups attached to an aromatic ring is 1. The highest BCUT2D eigenvalue weighted by Crippen LogP contribution is 2.29. The summed E-state index contributed by atoms with van der Waals surface area (Å²) in [5.41, 5.74) is 7.96. The van der Waals surface area contributed by atoms with Gasteiger partial charge in [0, 0.05) is 5.69 Å². The second-order valence-electron chi connectivity index (χ2n) is 4.54. The second-order valence-corrected chi connectivity index (χ2v) is 4.54. The molecule has 0 amide bonds. The molecule has 0 aliphatic rings. The summed E-state index contributed by atoms with van der Waals surface area (Å²) >= 11 is 0. The van der Waals surface area contributed by atoms with Gasteiger partial charge in [0.1, 0.15) is 6.33 Å². The Labute approximate surface area is 112 Å². The van der Waals surface area contributed by atoms with Crippen molar-refractivity contribution in [3.8, 4) is 5.75 Å². The molecule has 3 N–H and O–H groups in total. The van der Waals surface area contributed by atoms with Gasteiger partial charge in [-0.05, 0) is 23.6 Å². The minimum atomic E-state index is 0.318. The predicted molar refractivity (Wildman–Crippen MR) is 76.8 cm³/mol. The van der Waals surface area contributed by atoms with Crippen LogP contribution in [0.5, 0.6) is 5.75 Å². The van der Waals surface area contributed by atoms with Crippen LogP contribution in [-0.2, 0) is 0 Å². The number of methoxy groups -OCH3 is 1. The summed E-state index contributed by atoms with van der Waals surface area (Å²) in [4.78, 5) is 8.03. The van der Waals surface area contributed by atoms with E-state index in [1.165, 1.54) is 11.9 Å². The first-order valence-electron chi connectivity index (χ1n) is 6.13. The molecule has 1 heterocycles. The lowest BCUT2D eigenvalue weighted by Gasteiger charge is -2.12. The quantitative estimate of drug-likeness (QED) is 0.882. The molecule has 1 aromatic heterocycles. The van der Waals surface area contributed by atoms with Gasteiger partial charge in [-0.15, -0.1) is 0 Å². The van der Waals surface area contributed by atoms with Crippen molar-refractivity contribution in [1.82, 2.24) is 9.97 Å². The van der Waals surface area contributed by atoms with Crippen molar-refractivity contribution in [2.75, 3.05) is 18.2 Å². The maximum absolute atomic E-state index is 5.73. The first-order valence-corrected chi connectivity index (χ1v) is 6.13. The van der Waals surface area contributed by atoms with E-state index in [-0.39, 0.29) is 0 Å². The molecular formula is C14H18N4O. The monoisotopic (exact) mass is 258 g/mol. The van der Waals surface area contributed by atoms with Crippen molar-refractivity contribution in [2.24, 2.45) is 0 Å². The van der Waals surface area contributed by atoms with Crippen LogP contribution in [0.2, 0.25) is 0 Å². The average molecular weight is 258 g/mol. The van der Waals surface area contributed by atoms with Gasteiger partial charge in [0.05, 0.1) is 7.11 Å². The molecule has 5 nitrogen and oxygen atoms in total. The molecule has 0 saturated carbocycles. The van der Waals surface area contributed by atoms with Crippen LogP contribution in [0.25, 0.3) is 0 Å². The van der Waals surface area contributed by atoms with Crippen molar-refractivity contribution < 1.29 is 4.74 Å². The zero-order valence-corrected chi connectivity index (χ0v) is 11.3. The second kappa shape index (κ2) is 5.56. The van der Waals surface area contributed by atoms with Gasteiger partial charge in [-0.25, -0.2) is 9.97 Å². The Kier molecular flexibility index (Phi) is 3.85. The fraction of sp³-hybridized carbons (Fsp3) is 0.286. The number of hydrogen-bond acceptors (Lipinski definition) is 5. The van der Waals surface area contributed by atoms with Crippen LogP contribution in [0, 0.1) is 0 Å². The Morgan fingerprint density at radius 2 is 1.84 bits per heavy atom. The first-order chi connectivity index (χ1) is 9.11. The number of hydrogen-bond donors (Lipinski definition) is 2. The number of rotatable bonds is 4. The summed E-state index contributed by atoms with van der Waals surface area (Å²) < 4.78 is 5.20. The highest BCUT2D eigenvalue weighted by molar-refractivity contribution is 5.68. The van der Waals surface area contributed by atoms with Crippen LogP contribution >= 0.6 is 0 Å². The summed E-state index contributed by atoms with van der Waals surface area (Å²) in [6.45, 7) is 4.33. The normalized spacial score (nSPS) is 10.5. The van der Waals surface area contributed by atoms with E-state index in [4.69, 9.17) is 10.5 Å². The molecule has 0 radical (unpaired) electrons. The molecule has 0 saturated heterocycles. The summed E-state index contributed by atoms with van der Waals surface area (Å²) in [5.74, 6) is 1.85. The summed E-state index contributed by atoms with van der Waals surface area (Å²) in [6, 6.07) is 8.19. The van der Waals surface area contributed by atoms with Gasteiger partial charge in [-0.3, -0.25) is 0 Å². The minimum Gasteiger partial charge on any atom is -0.490 e. The first kappa shape index (κ1) is 13.1. The standard InChI is InChI=1S/C14H18N4O/c1-9(2)10-4-6-11(7-5-10)18-14-12(19-3)13(15)16-8-17-14/h4-9H,1-3H3,(H3,15,16,17,18). The zero-order chi connectivity index (χ0) is 13.8. The molecular weight excluding hydrogens is 240 g/mol. The number of aromatic nitrogens is 2. The van der Waals surface area contributed by atoms with E-state index in [0.29, 0.717) is 23.3 Å². The Morgan fingerprint density at radius 3 is 2.42 bits per heavy atom. The lowest BCUT2D eigenvalue weighted by Crippen LogP contribution is -2.02. The van der Waals surface area contributed by atoms with Gasteiger partial charge >= 0.3 is 0 Å². The summed E-state index contributed by atoms with van der Waals surface area (Å²) in [6.07, 6.45) is 1.41. The van der Waals surface area contributed by atoms with E-state index in [0.717, 1.165) is 5.69 Å². The Hall–Kier alpha value is -2.30. The summed E-state index contributed by atoms with van der Waals surface area (Å²) in [7, 11) is 1.54. The van der Waals surface area contributed by atoms with Gasteiger partial charge in [0.15, 0.2) is 11.6 Å². The molecule has 2 rings (SSSR count). The molecule has 2 aromatic rings. The van der Waals surface area contributed by atoms with E-state index in [1.807, 2.05) is 12.1 Å². The zero-order valence-electron chi connectivity index (χ0n) is 11.3. The van der Waals surface area contributed by atoms with Gasteiger partial charge in [-0.1, -0.05) is 26.0 Å². The van der Waals surface area contributed by atoms with Gasteiger partial charge in [0.25, 0.3) is 0 Å². The molecule has 5 heteroatoms. The van der Waals surface area contributed by atoms with Crippen molar-refractivity contribution in [2.45, 2.75) is 19.8 Å². The number of benzene rings is 1. The molecule has 0 unspecified atom stereocenters. The molecule has 1 aromatic carbocycles. The van der Waals surface area contributed by atoms with Crippen molar-refractivity contribution >= 4 is 17.3 Å². The van der Waals surface area contributed by atoms with E-state index in [1.54, 1.807) is 7.11 Å². The van der Waals surface area contributed by atoms with Crippen LogP contribution < -0.4 is 15.8 Å². The lowest BCUT2D eigenvalue weighted by molar-refractivity contribution is 0.415. The highest BCUT2D eigenvalue weighted by atomic mass is 16.5.